The lowest BCUT2D eigenvalue weighted by atomic mass is 9.97. The predicted molar refractivity (Wildman–Crippen MR) is 99.5 cm³/mol. The smallest absolute Gasteiger partial charge is 0.256 e. The minimum atomic E-state index is -0.882. The minimum Gasteiger partial charge on any atom is -0.339 e. The summed E-state index contributed by atoms with van der Waals surface area (Å²) in [6, 6.07) is 6.19. The number of halogens is 4. The van der Waals surface area contributed by atoms with Crippen LogP contribution in [0.15, 0.2) is 36.4 Å². The lowest BCUT2D eigenvalue weighted by Gasteiger charge is -2.31. The molecular formula is C20H15F4N3OS. The Morgan fingerprint density at radius 3 is 2.24 bits per heavy atom. The van der Waals surface area contributed by atoms with Gasteiger partial charge in [-0.25, -0.2) is 17.6 Å². The van der Waals surface area contributed by atoms with Crippen molar-refractivity contribution in [2.75, 3.05) is 13.1 Å². The van der Waals surface area contributed by atoms with E-state index in [-0.39, 0.29) is 17.0 Å². The van der Waals surface area contributed by atoms with Gasteiger partial charge >= 0.3 is 0 Å². The lowest BCUT2D eigenvalue weighted by Crippen LogP contribution is -2.38. The van der Waals surface area contributed by atoms with Crippen LogP contribution in [0, 0.1) is 23.3 Å². The van der Waals surface area contributed by atoms with Crippen molar-refractivity contribution in [3.63, 3.8) is 0 Å². The van der Waals surface area contributed by atoms with Gasteiger partial charge in [0, 0.05) is 36.7 Å². The van der Waals surface area contributed by atoms with E-state index < -0.39 is 29.2 Å². The first-order valence-corrected chi connectivity index (χ1v) is 9.77. The maximum atomic E-state index is 13.9. The van der Waals surface area contributed by atoms with Gasteiger partial charge in [0.25, 0.3) is 5.91 Å². The van der Waals surface area contributed by atoms with Crippen LogP contribution in [-0.4, -0.2) is 34.1 Å². The summed E-state index contributed by atoms with van der Waals surface area (Å²) in [5.41, 5.74) is 0.0318. The fourth-order valence-electron chi connectivity index (χ4n) is 3.33. The Bertz CT molecular complexity index is 1060. The largest absolute Gasteiger partial charge is 0.339 e. The van der Waals surface area contributed by atoms with Gasteiger partial charge in [-0.15, -0.1) is 10.2 Å². The second-order valence-electron chi connectivity index (χ2n) is 6.76. The van der Waals surface area contributed by atoms with E-state index in [0.29, 0.717) is 42.0 Å². The third kappa shape index (κ3) is 4.00. The Morgan fingerprint density at radius 2 is 1.59 bits per heavy atom. The summed E-state index contributed by atoms with van der Waals surface area (Å²) in [5, 5.41) is 9.23. The summed E-state index contributed by atoms with van der Waals surface area (Å²) >= 11 is 1.23. The first kappa shape index (κ1) is 19.5. The molecule has 4 nitrogen and oxygen atoms in total. The van der Waals surface area contributed by atoms with Crippen molar-refractivity contribution >= 4 is 17.2 Å². The van der Waals surface area contributed by atoms with Crippen LogP contribution in [0.4, 0.5) is 17.6 Å². The Kier molecular flexibility index (Phi) is 5.31. The van der Waals surface area contributed by atoms with E-state index in [1.165, 1.54) is 22.3 Å². The Hall–Kier alpha value is -2.81. The zero-order valence-corrected chi connectivity index (χ0v) is 15.9. The second-order valence-corrected chi connectivity index (χ2v) is 7.77. The van der Waals surface area contributed by atoms with Gasteiger partial charge in [-0.1, -0.05) is 11.3 Å². The van der Waals surface area contributed by atoms with E-state index in [9.17, 15) is 22.4 Å². The van der Waals surface area contributed by atoms with Crippen molar-refractivity contribution in [1.29, 1.82) is 0 Å². The third-order valence-electron chi connectivity index (χ3n) is 4.90. The van der Waals surface area contributed by atoms with E-state index in [1.807, 2.05) is 0 Å². The monoisotopic (exact) mass is 421 g/mol. The summed E-state index contributed by atoms with van der Waals surface area (Å²) in [6.45, 7) is 0.778. The van der Waals surface area contributed by atoms with Crippen LogP contribution in [0.3, 0.4) is 0 Å². The Labute approximate surface area is 167 Å². The lowest BCUT2D eigenvalue weighted by molar-refractivity contribution is 0.0708. The van der Waals surface area contributed by atoms with Crippen LogP contribution in [0.2, 0.25) is 0 Å². The number of hydrogen-bond donors (Lipinski definition) is 0. The average Bonchev–Trinajstić information content (AvgIpc) is 3.17. The number of rotatable bonds is 3. The number of likely N-dealkylation sites (tertiary alicyclic amines) is 1. The number of aromatic nitrogens is 2. The van der Waals surface area contributed by atoms with Crippen LogP contribution < -0.4 is 0 Å². The fourth-order valence-corrected chi connectivity index (χ4v) is 4.37. The molecule has 1 aliphatic rings. The number of amides is 1. The molecule has 0 aliphatic carbocycles. The SMILES string of the molecule is O=C(c1ccc(F)cc1F)N1CCC(c2nnc(-c3ccc(F)cc3F)s2)CC1. The molecule has 0 atom stereocenters. The van der Waals surface area contributed by atoms with E-state index in [1.54, 1.807) is 0 Å². The summed E-state index contributed by atoms with van der Waals surface area (Å²) in [4.78, 5) is 14.0. The maximum absolute atomic E-state index is 13.9. The molecular weight excluding hydrogens is 406 g/mol. The van der Waals surface area contributed by atoms with E-state index in [0.717, 1.165) is 24.3 Å². The molecule has 0 spiro atoms. The summed E-state index contributed by atoms with van der Waals surface area (Å²) in [5.74, 6) is -3.42. The molecule has 0 radical (unpaired) electrons. The van der Waals surface area contributed by atoms with Crippen LogP contribution in [0.25, 0.3) is 10.6 Å². The highest BCUT2D eigenvalue weighted by Crippen LogP contribution is 2.34. The number of piperidine rings is 1. The Morgan fingerprint density at radius 1 is 0.931 bits per heavy atom. The van der Waals surface area contributed by atoms with Gasteiger partial charge in [0.05, 0.1) is 5.56 Å². The maximum Gasteiger partial charge on any atom is 0.256 e. The minimum absolute atomic E-state index is 0.0341. The molecule has 29 heavy (non-hydrogen) atoms. The van der Waals surface area contributed by atoms with Gasteiger partial charge in [0.1, 0.15) is 28.3 Å². The van der Waals surface area contributed by atoms with Gasteiger partial charge in [0.15, 0.2) is 5.01 Å². The first-order chi connectivity index (χ1) is 13.9. The van der Waals surface area contributed by atoms with E-state index >= 15 is 0 Å². The van der Waals surface area contributed by atoms with Crippen LogP contribution >= 0.6 is 11.3 Å². The number of hydrogen-bond acceptors (Lipinski definition) is 4. The molecule has 9 heteroatoms. The number of nitrogens with zero attached hydrogens (tertiary/aromatic N) is 3. The average molecular weight is 421 g/mol. The van der Waals surface area contributed by atoms with Gasteiger partial charge in [-0.05, 0) is 37.1 Å². The van der Waals surface area contributed by atoms with Crippen LogP contribution in [-0.2, 0) is 0 Å². The molecule has 0 bridgehead atoms. The van der Waals surface area contributed by atoms with Gasteiger partial charge < -0.3 is 4.90 Å². The van der Waals surface area contributed by atoms with E-state index in [4.69, 9.17) is 0 Å². The second kappa shape index (κ2) is 7.90. The summed E-state index contributed by atoms with van der Waals surface area (Å²) in [7, 11) is 0. The highest BCUT2D eigenvalue weighted by molar-refractivity contribution is 7.14. The molecule has 0 saturated carbocycles. The van der Waals surface area contributed by atoms with Crippen molar-refractivity contribution in [2.24, 2.45) is 0 Å². The van der Waals surface area contributed by atoms with Gasteiger partial charge in [0.2, 0.25) is 0 Å². The predicted octanol–water partition coefficient (Wildman–Crippen LogP) is 4.78. The third-order valence-corrected chi connectivity index (χ3v) is 6.01. The fraction of sp³-hybridized carbons (Fsp3) is 0.250. The molecule has 3 aromatic rings. The van der Waals surface area contributed by atoms with Crippen LogP contribution in [0.5, 0.6) is 0 Å². The molecule has 1 aromatic heterocycles. The quantitative estimate of drug-likeness (QED) is 0.572. The first-order valence-electron chi connectivity index (χ1n) is 8.95. The molecule has 1 amide bonds. The van der Waals surface area contributed by atoms with Crippen molar-refractivity contribution in [1.82, 2.24) is 15.1 Å². The molecule has 0 N–H and O–H groups in total. The molecule has 1 saturated heterocycles. The van der Waals surface area contributed by atoms with Gasteiger partial charge in [-0.2, -0.15) is 0 Å². The Balaban J connectivity index is 1.43. The molecule has 1 aliphatic heterocycles. The topological polar surface area (TPSA) is 46.1 Å². The number of carbonyl (C=O) groups is 1. The van der Waals surface area contributed by atoms with Gasteiger partial charge in [-0.3, -0.25) is 4.79 Å². The molecule has 4 rings (SSSR count). The van der Waals surface area contributed by atoms with E-state index in [2.05, 4.69) is 10.2 Å². The normalized spacial score (nSPS) is 15.0. The van der Waals surface area contributed by atoms with Crippen molar-refractivity contribution < 1.29 is 22.4 Å². The van der Waals surface area contributed by atoms with Crippen molar-refractivity contribution in [2.45, 2.75) is 18.8 Å². The zero-order valence-electron chi connectivity index (χ0n) is 15.0. The molecule has 0 unspecified atom stereocenters. The number of carbonyl (C=O) groups excluding carboxylic acids is 1. The standard InChI is InChI=1S/C20H15F4N3OS/c21-12-1-3-14(16(23)9-12)19-26-25-18(29-19)11-5-7-27(8-6-11)20(28)15-4-2-13(22)10-17(15)24/h1-4,9-11H,5-8H2. The summed E-state index contributed by atoms with van der Waals surface area (Å²) < 4.78 is 53.9. The molecule has 2 heterocycles. The number of benzene rings is 2. The highest BCUT2D eigenvalue weighted by atomic mass is 32.1. The molecule has 150 valence electrons. The molecule has 2 aromatic carbocycles. The summed E-state index contributed by atoms with van der Waals surface area (Å²) in [6.07, 6.45) is 1.18. The van der Waals surface area contributed by atoms with Crippen molar-refractivity contribution in [3.8, 4) is 10.6 Å². The van der Waals surface area contributed by atoms with Crippen molar-refractivity contribution in [3.05, 3.63) is 70.2 Å². The molecule has 1 fully saturated rings. The highest BCUT2D eigenvalue weighted by Gasteiger charge is 2.28. The van der Waals surface area contributed by atoms with Crippen LogP contribution in [0.1, 0.15) is 34.1 Å². The zero-order chi connectivity index (χ0) is 20.5.